The van der Waals surface area contributed by atoms with Gasteiger partial charge in [0.25, 0.3) is 0 Å². The third-order valence-corrected chi connectivity index (χ3v) is 0.425. The summed E-state index contributed by atoms with van der Waals surface area (Å²) >= 11 is 0. The van der Waals surface area contributed by atoms with Gasteiger partial charge in [-0.05, 0) is 12.1 Å². The first kappa shape index (κ1) is 6.59. The number of hydrogen-bond donors (Lipinski definition) is 0. The minimum absolute atomic E-state index is 1.00. The second-order valence-corrected chi connectivity index (χ2v) is 0.868. The van der Waals surface area contributed by atoms with Gasteiger partial charge in [0.05, 0.1) is 12.5 Å². The van der Waals surface area contributed by atoms with Crippen LogP contribution in [0.2, 0.25) is 0 Å². The van der Waals surface area contributed by atoms with E-state index in [1.165, 1.54) is 0 Å². The van der Waals surface area contributed by atoms with E-state index in [0.717, 1.165) is 5.04 Å². The molecule has 1 heterocycles. The zero-order chi connectivity index (χ0) is 6.24. The fourth-order valence-electron chi connectivity index (χ4n) is 0.227. The highest BCUT2D eigenvalue weighted by atomic mass is 16.4. The molecule has 0 unspecified atom stereocenters. The van der Waals surface area contributed by atoms with Crippen molar-refractivity contribution in [3.63, 3.8) is 0 Å². The molecule has 1 aromatic rings. The van der Waals surface area contributed by atoms with Crippen molar-refractivity contribution >= 4 is 0 Å². The van der Waals surface area contributed by atoms with E-state index in [0.29, 0.717) is 0 Å². The van der Waals surface area contributed by atoms with Crippen molar-refractivity contribution in [2.24, 2.45) is 0 Å². The third-order valence-electron chi connectivity index (χ3n) is 0.425. The normalized spacial score (nSPS) is 6.00. The molecule has 0 fully saturated rings. The highest BCUT2D eigenvalue weighted by molar-refractivity contribution is 4.79. The van der Waals surface area contributed by atoms with Crippen molar-refractivity contribution in [1.29, 1.82) is 0 Å². The first-order chi connectivity index (χ1) is 3.91. The Morgan fingerprint density at radius 1 is 1.12 bits per heavy atom. The molecule has 0 saturated carbocycles. The Morgan fingerprint density at radius 3 is 1.62 bits per heavy atom. The monoisotopic (exact) mass is 114 g/mol. The molecule has 0 saturated heterocycles. The lowest BCUT2D eigenvalue weighted by molar-refractivity contribution is 0.567. The lowest BCUT2D eigenvalue weighted by Crippen LogP contribution is -1.26. The van der Waals surface area contributed by atoms with Gasteiger partial charge in [0.15, 0.2) is 0 Å². The van der Waals surface area contributed by atoms with Gasteiger partial charge in [0.2, 0.25) is 9.81 Å². The van der Waals surface area contributed by atoms with Crippen molar-refractivity contribution in [2.75, 3.05) is 0 Å². The lowest BCUT2D eigenvalue weighted by Gasteiger charge is -1.50. The van der Waals surface area contributed by atoms with Gasteiger partial charge in [-0.1, -0.05) is 0 Å². The molecule has 8 heavy (non-hydrogen) atoms. The predicted molar refractivity (Wildman–Crippen MR) is 27.6 cm³/mol. The molecule has 0 spiro atoms. The summed E-state index contributed by atoms with van der Waals surface area (Å²) in [5.74, 6) is 0. The van der Waals surface area contributed by atoms with E-state index in [9.17, 15) is 0 Å². The molecule has 0 radical (unpaired) electrons. The van der Waals surface area contributed by atoms with Gasteiger partial charge in [-0.25, -0.2) is 0 Å². The van der Waals surface area contributed by atoms with Gasteiger partial charge in [-0.3, -0.25) is 0 Å². The summed E-state index contributed by atoms with van der Waals surface area (Å²) in [6.45, 7) is 0. The fourth-order valence-corrected chi connectivity index (χ4v) is 0.227. The minimum atomic E-state index is 1.00. The molecule has 0 atom stereocenters. The summed E-state index contributed by atoms with van der Waals surface area (Å²) in [7, 11) is 0. The zero-order valence-corrected chi connectivity index (χ0v) is 3.98. The molecule has 0 aliphatic rings. The van der Waals surface area contributed by atoms with Gasteiger partial charge >= 0.3 is 5.04 Å². The highest BCUT2D eigenvalue weighted by Gasteiger charge is 1.58. The van der Waals surface area contributed by atoms with E-state index in [2.05, 4.69) is 4.42 Å². The first-order valence-electron chi connectivity index (χ1n) is 1.84. The van der Waals surface area contributed by atoms with Crippen LogP contribution in [-0.2, 0) is 0 Å². The standard InChI is InChI=1S/C4H4O.NO2/c1-2-4-5-3-1;2-1-3/h1-4H;/q;+1. The van der Waals surface area contributed by atoms with Crippen molar-refractivity contribution in [3.8, 4) is 0 Å². The summed E-state index contributed by atoms with van der Waals surface area (Å²) in [6, 6.07) is 3.67. The predicted octanol–water partition coefficient (Wildman–Crippen LogP) is 0.866. The molecule has 1 rings (SSSR count). The van der Waals surface area contributed by atoms with Crippen molar-refractivity contribution in [1.82, 2.24) is 5.04 Å². The Hall–Kier alpha value is -1.41. The molecule has 42 valence electrons. The van der Waals surface area contributed by atoms with Crippen LogP contribution in [0.5, 0.6) is 0 Å². The average Bonchev–Trinajstić information content (AvgIpc) is 2.17. The van der Waals surface area contributed by atoms with Crippen LogP contribution in [0.25, 0.3) is 0 Å². The molecule has 0 aromatic carbocycles. The maximum Gasteiger partial charge on any atom is 0.569 e. The summed E-state index contributed by atoms with van der Waals surface area (Å²) in [5.41, 5.74) is 0. The van der Waals surface area contributed by atoms with E-state index in [-0.39, 0.29) is 0 Å². The average molecular weight is 114 g/mol. The van der Waals surface area contributed by atoms with Crippen LogP contribution < -0.4 is 5.04 Å². The van der Waals surface area contributed by atoms with E-state index in [1.54, 1.807) is 12.5 Å². The van der Waals surface area contributed by atoms with Gasteiger partial charge in [0.1, 0.15) is 0 Å². The largest absolute Gasteiger partial charge is 0.569 e. The number of nitrogens with zero attached hydrogens (tertiary/aromatic N) is 1. The smallest absolute Gasteiger partial charge is 0.473 e. The second kappa shape index (κ2) is 5.59. The van der Waals surface area contributed by atoms with Crippen molar-refractivity contribution in [3.05, 3.63) is 34.5 Å². The lowest BCUT2D eigenvalue weighted by atomic mass is 10.7. The summed E-state index contributed by atoms with van der Waals surface area (Å²) < 4.78 is 4.58. The van der Waals surface area contributed by atoms with Crippen LogP contribution in [0.1, 0.15) is 0 Å². The Morgan fingerprint density at radius 2 is 1.50 bits per heavy atom. The molecule has 0 aliphatic heterocycles. The molecule has 0 N–H and O–H groups in total. The van der Waals surface area contributed by atoms with E-state index in [1.807, 2.05) is 12.1 Å². The van der Waals surface area contributed by atoms with Crippen molar-refractivity contribution in [2.45, 2.75) is 0 Å². The number of furan rings is 1. The second-order valence-electron chi connectivity index (χ2n) is 0.868. The Balaban J connectivity index is 0.000000145. The molecule has 0 aliphatic carbocycles. The maximum absolute atomic E-state index is 8.00. The van der Waals surface area contributed by atoms with Crippen LogP contribution in [0.4, 0.5) is 0 Å². The van der Waals surface area contributed by atoms with Gasteiger partial charge in [-0.15, -0.1) is 0 Å². The minimum Gasteiger partial charge on any atom is -0.473 e. The van der Waals surface area contributed by atoms with Gasteiger partial charge in [-0.2, -0.15) is 0 Å². The molecule has 4 nitrogen and oxygen atoms in total. The molecule has 0 bridgehead atoms. The molecule has 4 heteroatoms. The van der Waals surface area contributed by atoms with Gasteiger partial charge < -0.3 is 4.42 Å². The Bertz CT molecular complexity index is 123. The first-order valence-corrected chi connectivity index (χ1v) is 1.84. The topological polar surface area (TPSA) is 61.4 Å². The van der Waals surface area contributed by atoms with Crippen LogP contribution in [0.15, 0.2) is 29.1 Å². The summed E-state index contributed by atoms with van der Waals surface area (Å²) in [5, 5.41) is 1.00. The van der Waals surface area contributed by atoms with E-state index >= 15 is 0 Å². The highest BCUT2D eigenvalue weighted by Crippen LogP contribution is 1.79. The number of hydrogen-bond acceptors (Lipinski definition) is 3. The molecular weight excluding hydrogens is 110 g/mol. The Kier molecular flexibility index (Phi) is 4.60. The molecular formula is C4H4NO3+. The zero-order valence-electron chi connectivity index (χ0n) is 3.98. The SMILES string of the molecule is O=[N+]=O.c1ccoc1. The molecule has 0 amide bonds. The van der Waals surface area contributed by atoms with E-state index < -0.39 is 0 Å². The van der Waals surface area contributed by atoms with Crippen LogP contribution >= 0.6 is 0 Å². The van der Waals surface area contributed by atoms with Crippen LogP contribution in [0, 0.1) is 9.81 Å². The Labute approximate surface area is 45.1 Å². The van der Waals surface area contributed by atoms with E-state index in [4.69, 9.17) is 9.81 Å². The van der Waals surface area contributed by atoms with Crippen LogP contribution in [-0.4, -0.2) is 0 Å². The molecule has 1 aromatic heterocycles. The van der Waals surface area contributed by atoms with Crippen molar-refractivity contribution < 1.29 is 4.42 Å². The maximum atomic E-state index is 8.00. The van der Waals surface area contributed by atoms with Crippen LogP contribution in [0.3, 0.4) is 0 Å². The quantitative estimate of drug-likeness (QED) is 0.470. The fraction of sp³-hybridized carbons (Fsp3) is 0. The summed E-state index contributed by atoms with van der Waals surface area (Å²) in [4.78, 5) is 16.0. The summed E-state index contributed by atoms with van der Waals surface area (Å²) in [6.07, 6.45) is 3.25. The number of nitroso groups, excluding NO2 is 2. The third kappa shape index (κ3) is 4.59. The number of rotatable bonds is 0. The van der Waals surface area contributed by atoms with Gasteiger partial charge in [0, 0.05) is 0 Å².